The molecule has 3 heteroatoms. The average molecular weight is 578 g/mol. The Hall–Kier alpha value is -4.89. The first-order valence-corrected chi connectivity index (χ1v) is 15.1. The van der Waals surface area contributed by atoms with Gasteiger partial charge in [0, 0.05) is 62.6 Å². The summed E-state index contributed by atoms with van der Waals surface area (Å²) < 4.78 is 2.29. The highest BCUT2D eigenvalue weighted by Crippen LogP contribution is 2.37. The number of hydrogen-bond donors (Lipinski definition) is 0. The topological polar surface area (TPSA) is 21.1 Å². The fourth-order valence-corrected chi connectivity index (χ4v) is 6.29. The van der Waals surface area contributed by atoms with Crippen LogP contribution in [-0.2, 0) is 10.8 Å². The zero-order chi connectivity index (χ0) is 31.8. The third kappa shape index (κ3) is 5.24. The van der Waals surface area contributed by atoms with Crippen LogP contribution in [0.1, 0.15) is 68.1 Å². The van der Waals surface area contributed by atoms with Crippen LogP contribution in [0.4, 0.5) is 5.69 Å². The molecule has 44 heavy (non-hydrogen) atoms. The molecular weight excluding hydrogens is 534 g/mol. The molecule has 5 aromatic rings. The van der Waals surface area contributed by atoms with Crippen molar-refractivity contribution in [3.8, 4) is 5.69 Å². The van der Waals surface area contributed by atoms with Crippen LogP contribution in [0.5, 0.6) is 0 Å². The summed E-state index contributed by atoms with van der Waals surface area (Å²) in [6.45, 7) is 29.4. The van der Waals surface area contributed by atoms with Crippen molar-refractivity contribution in [2.45, 2.75) is 52.4 Å². The number of nitrogens with zero attached hydrogens (tertiary/aromatic N) is 3. The first-order chi connectivity index (χ1) is 20.9. The molecule has 2 aromatic heterocycles. The molecule has 0 saturated carbocycles. The zero-order valence-electron chi connectivity index (χ0n) is 27.0. The molecule has 0 unspecified atom stereocenters. The van der Waals surface area contributed by atoms with Gasteiger partial charge in [0.05, 0.1) is 5.52 Å². The van der Waals surface area contributed by atoms with E-state index >= 15 is 0 Å². The Morgan fingerprint density at radius 3 is 1.68 bits per heavy atom. The number of pyridine rings is 1. The van der Waals surface area contributed by atoms with Gasteiger partial charge in [-0.05, 0) is 72.5 Å². The van der Waals surface area contributed by atoms with E-state index in [0.717, 1.165) is 39.2 Å². The molecule has 3 aromatic carbocycles. The van der Waals surface area contributed by atoms with Crippen LogP contribution >= 0.6 is 0 Å². The third-order valence-corrected chi connectivity index (χ3v) is 9.19. The van der Waals surface area contributed by atoms with Crippen molar-refractivity contribution >= 4 is 22.7 Å². The minimum atomic E-state index is -0.163. The van der Waals surface area contributed by atoms with E-state index in [4.69, 9.17) is 0 Å². The van der Waals surface area contributed by atoms with Crippen molar-refractivity contribution in [3.05, 3.63) is 169 Å². The molecule has 0 amide bonds. The second kappa shape index (κ2) is 11.7. The van der Waals surface area contributed by atoms with E-state index in [2.05, 4.69) is 149 Å². The molecule has 3 nitrogen and oxygen atoms in total. The molecular formula is C41H43N3. The van der Waals surface area contributed by atoms with Crippen molar-refractivity contribution in [3.63, 3.8) is 0 Å². The number of aromatic nitrogens is 2. The molecule has 0 aliphatic rings. The summed E-state index contributed by atoms with van der Waals surface area (Å²) in [5.41, 5.74) is 12.1. The number of anilines is 1. The van der Waals surface area contributed by atoms with Crippen molar-refractivity contribution in [2.24, 2.45) is 0 Å². The maximum atomic E-state index is 4.34. The Labute approximate surface area is 263 Å². The number of rotatable bonds is 10. The van der Waals surface area contributed by atoms with Gasteiger partial charge in [-0.2, -0.15) is 0 Å². The van der Waals surface area contributed by atoms with Gasteiger partial charge in [0.25, 0.3) is 0 Å². The van der Waals surface area contributed by atoms with E-state index in [0.29, 0.717) is 0 Å². The van der Waals surface area contributed by atoms with Gasteiger partial charge in [-0.3, -0.25) is 4.98 Å². The van der Waals surface area contributed by atoms with Crippen molar-refractivity contribution in [2.75, 3.05) is 4.90 Å². The molecule has 2 heterocycles. The lowest BCUT2D eigenvalue weighted by Gasteiger charge is -2.30. The fourth-order valence-electron chi connectivity index (χ4n) is 6.29. The molecule has 0 spiro atoms. The molecule has 0 fully saturated rings. The number of fused-ring (bicyclic) bond motifs is 1. The van der Waals surface area contributed by atoms with Crippen molar-refractivity contribution in [1.29, 1.82) is 0 Å². The van der Waals surface area contributed by atoms with E-state index in [-0.39, 0.29) is 10.8 Å². The van der Waals surface area contributed by atoms with Gasteiger partial charge in [0.15, 0.2) is 0 Å². The van der Waals surface area contributed by atoms with Gasteiger partial charge >= 0.3 is 0 Å². The van der Waals surface area contributed by atoms with E-state index in [1.165, 1.54) is 27.9 Å². The zero-order valence-corrected chi connectivity index (χ0v) is 27.0. The highest BCUT2D eigenvalue weighted by atomic mass is 15.1. The first kappa shape index (κ1) is 30.6. The SMILES string of the molecule is C=CC(=C)N(C(=C)C)c1ccc(C(C)(C)c2ccc(C(C)(C)c3ccc(-n4c(C)c(C=C)c5cnccc54)cc3)cc2)cc1. The van der Waals surface area contributed by atoms with Crippen LogP contribution in [0.3, 0.4) is 0 Å². The lowest BCUT2D eigenvalue weighted by molar-refractivity contribution is 0.626. The van der Waals surface area contributed by atoms with Crippen LogP contribution in [0.25, 0.3) is 22.7 Å². The Bertz CT molecular complexity index is 1860. The second-order valence-corrected chi connectivity index (χ2v) is 12.6. The largest absolute Gasteiger partial charge is 0.316 e. The standard InChI is InChI=1S/C41H43N3/c1-11-29(5)43(28(3)4)35-21-17-33(18-22-35)40(7,8)31-13-15-32(16-14-31)41(9,10)34-19-23-36(24-20-34)44-30(6)37(12-2)38-27-42-26-25-39(38)44/h11-27H,1-3,5H2,4,6-10H3. The molecule has 5 rings (SSSR count). The summed E-state index contributed by atoms with van der Waals surface area (Å²) in [5.74, 6) is 0. The predicted octanol–water partition coefficient (Wildman–Crippen LogP) is 10.7. The Morgan fingerprint density at radius 2 is 1.23 bits per heavy atom. The fraction of sp³-hybridized carbons (Fsp3) is 0.195. The van der Waals surface area contributed by atoms with E-state index in [1.54, 1.807) is 6.08 Å². The minimum Gasteiger partial charge on any atom is -0.316 e. The van der Waals surface area contributed by atoms with Gasteiger partial charge < -0.3 is 9.47 Å². The number of benzene rings is 3. The number of allylic oxidation sites excluding steroid dienone is 2. The Morgan fingerprint density at radius 1 is 0.750 bits per heavy atom. The Balaban J connectivity index is 1.40. The van der Waals surface area contributed by atoms with Gasteiger partial charge in [0.1, 0.15) is 0 Å². The van der Waals surface area contributed by atoms with E-state index in [1.807, 2.05) is 30.3 Å². The van der Waals surface area contributed by atoms with Gasteiger partial charge in [-0.15, -0.1) is 0 Å². The molecule has 0 N–H and O–H groups in total. The summed E-state index contributed by atoms with van der Waals surface area (Å²) in [4.78, 5) is 6.36. The highest BCUT2D eigenvalue weighted by Gasteiger charge is 2.27. The second-order valence-electron chi connectivity index (χ2n) is 12.6. The summed E-state index contributed by atoms with van der Waals surface area (Å²) in [6.07, 6.45) is 7.45. The molecule has 222 valence electrons. The first-order valence-electron chi connectivity index (χ1n) is 15.1. The molecule has 0 bridgehead atoms. The molecule has 0 saturated heterocycles. The monoisotopic (exact) mass is 577 g/mol. The van der Waals surface area contributed by atoms with Crippen molar-refractivity contribution in [1.82, 2.24) is 9.55 Å². The van der Waals surface area contributed by atoms with Crippen LogP contribution in [-0.4, -0.2) is 9.55 Å². The highest BCUT2D eigenvalue weighted by molar-refractivity contribution is 5.91. The maximum Gasteiger partial charge on any atom is 0.0568 e. The Kier molecular flexibility index (Phi) is 8.09. The minimum absolute atomic E-state index is 0.160. The third-order valence-electron chi connectivity index (χ3n) is 9.19. The van der Waals surface area contributed by atoms with Gasteiger partial charge in [-0.25, -0.2) is 0 Å². The van der Waals surface area contributed by atoms with Crippen LogP contribution in [0.15, 0.2) is 135 Å². The molecule has 0 aliphatic carbocycles. The van der Waals surface area contributed by atoms with Crippen molar-refractivity contribution < 1.29 is 0 Å². The summed E-state index contributed by atoms with van der Waals surface area (Å²) in [6, 6.07) is 28.8. The predicted molar refractivity (Wildman–Crippen MR) is 190 cm³/mol. The quantitative estimate of drug-likeness (QED) is 0.154. The average Bonchev–Trinajstić information content (AvgIpc) is 3.31. The van der Waals surface area contributed by atoms with Crippen LogP contribution in [0, 0.1) is 6.92 Å². The van der Waals surface area contributed by atoms with E-state index in [9.17, 15) is 0 Å². The lowest BCUT2D eigenvalue weighted by Crippen LogP contribution is -2.22. The summed E-state index contributed by atoms with van der Waals surface area (Å²) >= 11 is 0. The molecule has 0 aliphatic heterocycles. The van der Waals surface area contributed by atoms with Gasteiger partial charge in [-0.1, -0.05) is 109 Å². The normalized spacial score (nSPS) is 11.8. The van der Waals surface area contributed by atoms with Gasteiger partial charge in [0.2, 0.25) is 0 Å². The molecule has 0 radical (unpaired) electrons. The van der Waals surface area contributed by atoms with Crippen LogP contribution < -0.4 is 4.90 Å². The lowest BCUT2D eigenvalue weighted by atomic mass is 9.74. The summed E-state index contributed by atoms with van der Waals surface area (Å²) in [5, 5.41) is 1.12. The maximum absolute atomic E-state index is 4.34. The smallest absolute Gasteiger partial charge is 0.0568 e. The van der Waals surface area contributed by atoms with Crippen LogP contribution in [0.2, 0.25) is 0 Å². The summed E-state index contributed by atoms with van der Waals surface area (Å²) in [7, 11) is 0. The van der Waals surface area contributed by atoms with E-state index < -0.39 is 0 Å². The number of hydrogen-bond acceptors (Lipinski definition) is 2. The molecule has 0 atom stereocenters.